The summed E-state index contributed by atoms with van der Waals surface area (Å²) in [6.45, 7) is 2.69. The molecule has 0 spiro atoms. The highest BCUT2D eigenvalue weighted by Crippen LogP contribution is 2.21. The number of aromatic nitrogens is 1. The molecular weight excluding hydrogens is 328 g/mol. The number of benzene rings is 2. The summed E-state index contributed by atoms with van der Waals surface area (Å²) in [5, 5.41) is 6.16. The quantitative estimate of drug-likeness (QED) is 0.686. The molecule has 0 fully saturated rings. The van der Waals surface area contributed by atoms with E-state index in [1.807, 2.05) is 25.1 Å². The van der Waals surface area contributed by atoms with E-state index in [1.54, 1.807) is 11.3 Å². The van der Waals surface area contributed by atoms with E-state index < -0.39 is 0 Å². The van der Waals surface area contributed by atoms with Crippen molar-refractivity contribution in [2.24, 2.45) is 0 Å². The van der Waals surface area contributed by atoms with E-state index in [0.717, 1.165) is 29.1 Å². The lowest BCUT2D eigenvalue weighted by Crippen LogP contribution is -2.25. The molecular formula is C21H22N2OS. The van der Waals surface area contributed by atoms with Gasteiger partial charge in [0, 0.05) is 23.9 Å². The Morgan fingerprint density at radius 2 is 1.72 bits per heavy atom. The number of thiazole rings is 1. The SMILES string of the molecule is Cc1nc(-c2ccc(CCNC(=O)CCc3ccccc3)cc2)cs1. The maximum absolute atomic E-state index is 11.9. The van der Waals surface area contributed by atoms with E-state index in [1.165, 1.54) is 11.1 Å². The summed E-state index contributed by atoms with van der Waals surface area (Å²) in [5.74, 6) is 0.110. The maximum Gasteiger partial charge on any atom is 0.220 e. The third-order valence-corrected chi connectivity index (χ3v) is 4.86. The summed E-state index contributed by atoms with van der Waals surface area (Å²) in [7, 11) is 0. The summed E-state index contributed by atoms with van der Waals surface area (Å²) in [4.78, 5) is 16.4. The number of nitrogens with zero attached hydrogens (tertiary/aromatic N) is 1. The predicted molar refractivity (Wildman–Crippen MR) is 104 cm³/mol. The molecule has 0 aliphatic heterocycles. The fraction of sp³-hybridized carbons (Fsp3) is 0.238. The number of nitrogens with one attached hydrogen (secondary N) is 1. The maximum atomic E-state index is 11.9. The zero-order valence-corrected chi connectivity index (χ0v) is 15.2. The second kappa shape index (κ2) is 8.58. The van der Waals surface area contributed by atoms with Crippen LogP contribution < -0.4 is 5.32 Å². The molecule has 25 heavy (non-hydrogen) atoms. The number of amides is 1. The molecule has 1 N–H and O–H groups in total. The predicted octanol–water partition coefficient (Wildman–Crippen LogP) is 4.41. The van der Waals surface area contributed by atoms with Gasteiger partial charge in [0.05, 0.1) is 10.7 Å². The van der Waals surface area contributed by atoms with Gasteiger partial charge in [0.15, 0.2) is 0 Å². The topological polar surface area (TPSA) is 42.0 Å². The first kappa shape index (κ1) is 17.4. The van der Waals surface area contributed by atoms with Crippen LogP contribution in [0.3, 0.4) is 0 Å². The van der Waals surface area contributed by atoms with E-state index >= 15 is 0 Å². The van der Waals surface area contributed by atoms with Gasteiger partial charge in [-0.05, 0) is 30.9 Å². The van der Waals surface area contributed by atoms with Crippen LogP contribution >= 0.6 is 11.3 Å². The van der Waals surface area contributed by atoms with Crippen molar-refractivity contribution in [2.45, 2.75) is 26.2 Å². The third-order valence-electron chi connectivity index (χ3n) is 4.09. The molecule has 4 heteroatoms. The molecule has 1 aromatic heterocycles. The van der Waals surface area contributed by atoms with E-state index in [2.05, 4.69) is 52.1 Å². The highest BCUT2D eigenvalue weighted by molar-refractivity contribution is 7.09. The van der Waals surface area contributed by atoms with Gasteiger partial charge in [-0.2, -0.15) is 0 Å². The Bertz CT molecular complexity index is 809. The molecule has 3 nitrogen and oxygen atoms in total. The van der Waals surface area contributed by atoms with Crippen molar-refractivity contribution < 1.29 is 4.79 Å². The van der Waals surface area contributed by atoms with Crippen LogP contribution in [0.25, 0.3) is 11.3 Å². The van der Waals surface area contributed by atoms with Gasteiger partial charge in [-0.25, -0.2) is 4.98 Å². The smallest absolute Gasteiger partial charge is 0.220 e. The molecule has 0 saturated carbocycles. The summed E-state index contributed by atoms with van der Waals surface area (Å²) in [6, 6.07) is 18.5. The number of hydrogen-bond donors (Lipinski definition) is 1. The van der Waals surface area contributed by atoms with Crippen molar-refractivity contribution in [1.29, 1.82) is 0 Å². The zero-order valence-electron chi connectivity index (χ0n) is 14.4. The van der Waals surface area contributed by atoms with Gasteiger partial charge in [-0.15, -0.1) is 11.3 Å². The van der Waals surface area contributed by atoms with E-state index in [0.29, 0.717) is 13.0 Å². The number of carbonyl (C=O) groups is 1. The fourth-order valence-corrected chi connectivity index (χ4v) is 3.30. The van der Waals surface area contributed by atoms with Crippen molar-refractivity contribution in [1.82, 2.24) is 10.3 Å². The molecule has 0 atom stereocenters. The average molecular weight is 350 g/mol. The van der Waals surface area contributed by atoms with Gasteiger partial charge in [0.1, 0.15) is 0 Å². The monoisotopic (exact) mass is 350 g/mol. The first-order chi connectivity index (χ1) is 12.2. The molecule has 0 bridgehead atoms. The molecule has 0 saturated heterocycles. The van der Waals surface area contributed by atoms with Gasteiger partial charge in [0.2, 0.25) is 5.91 Å². The van der Waals surface area contributed by atoms with Gasteiger partial charge in [-0.3, -0.25) is 4.79 Å². The molecule has 3 aromatic rings. The molecule has 2 aromatic carbocycles. The largest absolute Gasteiger partial charge is 0.356 e. The van der Waals surface area contributed by atoms with Crippen LogP contribution in [0, 0.1) is 6.92 Å². The summed E-state index contributed by atoms with van der Waals surface area (Å²) in [6.07, 6.45) is 2.16. The number of aryl methyl sites for hydroxylation is 2. The minimum atomic E-state index is 0.110. The fourth-order valence-electron chi connectivity index (χ4n) is 2.68. The molecule has 1 amide bonds. The van der Waals surface area contributed by atoms with Crippen molar-refractivity contribution in [3.8, 4) is 11.3 Å². The third kappa shape index (κ3) is 5.26. The first-order valence-corrected chi connectivity index (χ1v) is 9.41. The molecule has 0 radical (unpaired) electrons. The van der Waals surface area contributed by atoms with Crippen LogP contribution in [0.1, 0.15) is 22.6 Å². The molecule has 128 valence electrons. The minimum Gasteiger partial charge on any atom is -0.356 e. The normalized spacial score (nSPS) is 10.6. The zero-order chi connectivity index (χ0) is 17.5. The Labute approximate surface area is 152 Å². The second-order valence-electron chi connectivity index (χ2n) is 6.03. The Morgan fingerprint density at radius 1 is 1.00 bits per heavy atom. The Kier molecular flexibility index (Phi) is 5.96. The summed E-state index contributed by atoms with van der Waals surface area (Å²) >= 11 is 1.66. The van der Waals surface area contributed by atoms with Crippen molar-refractivity contribution in [2.75, 3.05) is 6.54 Å². The Hall–Kier alpha value is -2.46. The van der Waals surface area contributed by atoms with E-state index in [-0.39, 0.29) is 5.91 Å². The molecule has 3 rings (SSSR count). The lowest BCUT2D eigenvalue weighted by Gasteiger charge is -2.06. The molecule has 0 aliphatic carbocycles. The minimum absolute atomic E-state index is 0.110. The first-order valence-electron chi connectivity index (χ1n) is 8.53. The van der Waals surface area contributed by atoms with Crippen LogP contribution in [-0.4, -0.2) is 17.4 Å². The molecule has 0 aliphatic rings. The summed E-state index contributed by atoms with van der Waals surface area (Å²) in [5.41, 5.74) is 4.59. The summed E-state index contributed by atoms with van der Waals surface area (Å²) < 4.78 is 0. The number of rotatable bonds is 7. The van der Waals surface area contributed by atoms with Crippen molar-refractivity contribution in [3.05, 3.63) is 76.1 Å². The van der Waals surface area contributed by atoms with Gasteiger partial charge >= 0.3 is 0 Å². The van der Waals surface area contributed by atoms with E-state index in [4.69, 9.17) is 0 Å². The average Bonchev–Trinajstić information content (AvgIpc) is 3.08. The van der Waals surface area contributed by atoms with Crippen LogP contribution in [0.5, 0.6) is 0 Å². The Morgan fingerprint density at radius 3 is 2.40 bits per heavy atom. The molecule has 1 heterocycles. The van der Waals surface area contributed by atoms with Crippen LogP contribution in [0.2, 0.25) is 0 Å². The number of carbonyl (C=O) groups excluding carboxylic acids is 1. The molecule has 0 unspecified atom stereocenters. The Balaban J connectivity index is 1.42. The highest BCUT2D eigenvalue weighted by atomic mass is 32.1. The van der Waals surface area contributed by atoms with Gasteiger partial charge in [-0.1, -0.05) is 54.6 Å². The highest BCUT2D eigenvalue weighted by Gasteiger charge is 2.04. The lowest BCUT2D eigenvalue weighted by atomic mass is 10.1. The van der Waals surface area contributed by atoms with Crippen LogP contribution in [-0.2, 0) is 17.6 Å². The van der Waals surface area contributed by atoms with Crippen LogP contribution in [0.15, 0.2) is 60.0 Å². The number of hydrogen-bond acceptors (Lipinski definition) is 3. The lowest BCUT2D eigenvalue weighted by molar-refractivity contribution is -0.121. The van der Waals surface area contributed by atoms with Crippen molar-refractivity contribution >= 4 is 17.2 Å². The van der Waals surface area contributed by atoms with Gasteiger partial charge < -0.3 is 5.32 Å². The van der Waals surface area contributed by atoms with Crippen LogP contribution in [0.4, 0.5) is 0 Å². The standard InChI is InChI=1S/C21H22N2OS/c1-16-23-20(15-25-16)19-10-7-18(8-11-19)13-14-22-21(24)12-9-17-5-3-2-4-6-17/h2-8,10-11,15H,9,12-14H2,1H3,(H,22,24). The van der Waals surface area contributed by atoms with E-state index in [9.17, 15) is 4.79 Å². The van der Waals surface area contributed by atoms with Crippen molar-refractivity contribution in [3.63, 3.8) is 0 Å². The van der Waals surface area contributed by atoms with Gasteiger partial charge in [0.25, 0.3) is 0 Å². The second-order valence-corrected chi connectivity index (χ2v) is 7.10.